The van der Waals surface area contributed by atoms with E-state index >= 15 is 0 Å². The predicted molar refractivity (Wildman–Crippen MR) is 55.7 cm³/mol. The van der Waals surface area contributed by atoms with Crippen molar-refractivity contribution >= 4 is 15.7 Å². The average molecular weight is 212 g/mol. The Hall–Kier alpha value is -1.13. The highest BCUT2D eigenvalue weighted by Crippen LogP contribution is 2.24. The lowest BCUT2D eigenvalue weighted by Crippen LogP contribution is -2.04. The minimum absolute atomic E-state index is 0.0486. The van der Waals surface area contributed by atoms with Crippen molar-refractivity contribution in [3.8, 4) is 0 Å². The van der Waals surface area contributed by atoms with E-state index in [-0.39, 0.29) is 4.90 Å². The fourth-order valence-corrected chi connectivity index (χ4v) is 2.33. The van der Waals surface area contributed by atoms with Crippen molar-refractivity contribution in [3.05, 3.63) is 35.9 Å². The van der Waals surface area contributed by atoms with E-state index in [1.54, 1.807) is 32.0 Å². The zero-order chi connectivity index (χ0) is 10.9. The standard InChI is InChI=1S/C10H12O3S/c1-7(2)9-6-4-5-8(3)10(9)14(11,12)13/h4-6H,1H2,2-3H3,(H,11,12,13). The Balaban J connectivity index is 3.62. The minimum atomic E-state index is -4.17. The lowest BCUT2D eigenvalue weighted by molar-refractivity contribution is 0.482. The summed E-state index contributed by atoms with van der Waals surface area (Å²) in [5.74, 6) is 0. The lowest BCUT2D eigenvalue weighted by Gasteiger charge is -2.08. The van der Waals surface area contributed by atoms with E-state index in [9.17, 15) is 8.42 Å². The van der Waals surface area contributed by atoms with Gasteiger partial charge in [-0.05, 0) is 30.5 Å². The molecule has 0 saturated carbocycles. The van der Waals surface area contributed by atoms with Crippen molar-refractivity contribution in [2.24, 2.45) is 0 Å². The van der Waals surface area contributed by atoms with Crippen LogP contribution in [0.25, 0.3) is 5.57 Å². The van der Waals surface area contributed by atoms with Crippen LogP contribution >= 0.6 is 0 Å². The van der Waals surface area contributed by atoms with Crippen LogP contribution in [0.5, 0.6) is 0 Å². The van der Waals surface area contributed by atoms with Gasteiger partial charge in [-0.3, -0.25) is 4.55 Å². The molecule has 14 heavy (non-hydrogen) atoms. The highest BCUT2D eigenvalue weighted by molar-refractivity contribution is 7.86. The van der Waals surface area contributed by atoms with E-state index < -0.39 is 10.1 Å². The summed E-state index contributed by atoms with van der Waals surface area (Å²) in [7, 11) is -4.17. The SMILES string of the molecule is C=C(C)c1cccc(C)c1S(=O)(=O)O. The number of aryl methyl sites for hydroxylation is 1. The summed E-state index contributed by atoms with van der Waals surface area (Å²) in [5.41, 5.74) is 1.60. The Kier molecular flexibility index (Phi) is 2.78. The Bertz CT molecular complexity index is 472. The summed E-state index contributed by atoms with van der Waals surface area (Å²) >= 11 is 0. The van der Waals surface area contributed by atoms with E-state index in [1.165, 1.54) is 0 Å². The molecule has 0 bridgehead atoms. The predicted octanol–water partition coefficient (Wildman–Crippen LogP) is 2.27. The van der Waals surface area contributed by atoms with Crippen molar-refractivity contribution in [2.45, 2.75) is 18.7 Å². The van der Waals surface area contributed by atoms with Gasteiger partial charge in [0, 0.05) is 0 Å². The van der Waals surface area contributed by atoms with Gasteiger partial charge >= 0.3 is 0 Å². The summed E-state index contributed by atoms with van der Waals surface area (Å²) in [4.78, 5) is -0.0486. The molecule has 0 spiro atoms. The van der Waals surface area contributed by atoms with Crippen molar-refractivity contribution < 1.29 is 13.0 Å². The van der Waals surface area contributed by atoms with Crippen LogP contribution in [0, 0.1) is 6.92 Å². The molecule has 0 aromatic heterocycles. The van der Waals surface area contributed by atoms with Crippen LogP contribution < -0.4 is 0 Å². The van der Waals surface area contributed by atoms with Crippen LogP contribution in [-0.2, 0) is 10.1 Å². The van der Waals surface area contributed by atoms with Gasteiger partial charge in [0.2, 0.25) is 0 Å². The molecule has 0 radical (unpaired) electrons. The summed E-state index contributed by atoms with van der Waals surface area (Å²) < 4.78 is 31.2. The lowest BCUT2D eigenvalue weighted by atomic mass is 10.1. The van der Waals surface area contributed by atoms with Gasteiger partial charge in [-0.15, -0.1) is 0 Å². The fourth-order valence-electron chi connectivity index (χ4n) is 1.33. The maximum atomic E-state index is 11.1. The van der Waals surface area contributed by atoms with E-state index in [1.807, 2.05) is 0 Å². The molecule has 0 aliphatic carbocycles. The molecule has 1 rings (SSSR count). The second kappa shape index (κ2) is 3.55. The molecule has 0 fully saturated rings. The third-order valence-corrected chi connectivity index (χ3v) is 2.99. The van der Waals surface area contributed by atoms with Crippen molar-refractivity contribution in [1.29, 1.82) is 0 Å². The van der Waals surface area contributed by atoms with E-state index in [0.29, 0.717) is 16.7 Å². The van der Waals surface area contributed by atoms with Crippen molar-refractivity contribution in [3.63, 3.8) is 0 Å². The monoisotopic (exact) mass is 212 g/mol. The van der Waals surface area contributed by atoms with Crippen LogP contribution in [-0.4, -0.2) is 13.0 Å². The molecule has 0 amide bonds. The number of hydrogen-bond donors (Lipinski definition) is 1. The molecule has 0 saturated heterocycles. The van der Waals surface area contributed by atoms with Crippen molar-refractivity contribution in [1.82, 2.24) is 0 Å². The molecular formula is C10H12O3S. The third-order valence-electron chi connectivity index (χ3n) is 1.93. The van der Waals surface area contributed by atoms with Crippen molar-refractivity contribution in [2.75, 3.05) is 0 Å². The first-order valence-electron chi connectivity index (χ1n) is 4.07. The fraction of sp³-hybridized carbons (Fsp3) is 0.200. The summed E-state index contributed by atoms with van der Waals surface area (Å²) in [6, 6.07) is 4.99. The molecule has 4 heteroatoms. The number of rotatable bonds is 2. The van der Waals surface area contributed by atoms with Crippen LogP contribution in [0.4, 0.5) is 0 Å². The summed E-state index contributed by atoms with van der Waals surface area (Å²) in [5, 5.41) is 0. The van der Waals surface area contributed by atoms with E-state index in [4.69, 9.17) is 4.55 Å². The number of allylic oxidation sites excluding steroid dienone is 1. The highest BCUT2D eigenvalue weighted by atomic mass is 32.2. The molecule has 1 aromatic rings. The maximum Gasteiger partial charge on any atom is 0.295 e. The Morgan fingerprint density at radius 2 is 2.00 bits per heavy atom. The normalized spacial score (nSPS) is 11.4. The quantitative estimate of drug-likeness (QED) is 0.765. The number of hydrogen-bond acceptors (Lipinski definition) is 2. The Labute approximate surface area is 83.8 Å². The van der Waals surface area contributed by atoms with Gasteiger partial charge in [0.25, 0.3) is 10.1 Å². The second-order valence-corrected chi connectivity index (χ2v) is 4.57. The van der Waals surface area contributed by atoms with Crippen LogP contribution in [0.2, 0.25) is 0 Å². The largest absolute Gasteiger partial charge is 0.295 e. The van der Waals surface area contributed by atoms with Gasteiger partial charge < -0.3 is 0 Å². The van der Waals surface area contributed by atoms with Crippen LogP contribution in [0.3, 0.4) is 0 Å². The molecular weight excluding hydrogens is 200 g/mol. The summed E-state index contributed by atoms with van der Waals surface area (Å²) in [6.07, 6.45) is 0. The van der Waals surface area contributed by atoms with Crippen LogP contribution in [0.1, 0.15) is 18.1 Å². The maximum absolute atomic E-state index is 11.1. The minimum Gasteiger partial charge on any atom is -0.282 e. The van der Waals surface area contributed by atoms with Gasteiger partial charge in [0.1, 0.15) is 4.90 Å². The molecule has 0 aliphatic heterocycles. The van der Waals surface area contributed by atoms with Gasteiger partial charge in [-0.25, -0.2) is 0 Å². The molecule has 0 aliphatic rings. The molecule has 0 atom stereocenters. The van der Waals surface area contributed by atoms with E-state index in [0.717, 1.165) is 0 Å². The van der Waals surface area contributed by atoms with Crippen LogP contribution in [0.15, 0.2) is 29.7 Å². The molecule has 0 heterocycles. The first-order valence-corrected chi connectivity index (χ1v) is 5.51. The average Bonchev–Trinajstić information content (AvgIpc) is 2.01. The molecule has 0 unspecified atom stereocenters. The molecule has 1 aromatic carbocycles. The van der Waals surface area contributed by atoms with E-state index in [2.05, 4.69) is 6.58 Å². The van der Waals surface area contributed by atoms with Gasteiger partial charge in [-0.2, -0.15) is 8.42 Å². The number of benzene rings is 1. The Morgan fingerprint density at radius 3 is 2.36 bits per heavy atom. The zero-order valence-corrected chi connectivity index (χ0v) is 8.93. The topological polar surface area (TPSA) is 54.4 Å². The summed E-state index contributed by atoms with van der Waals surface area (Å²) in [6.45, 7) is 7.00. The smallest absolute Gasteiger partial charge is 0.282 e. The van der Waals surface area contributed by atoms with Gasteiger partial charge in [0.15, 0.2) is 0 Å². The van der Waals surface area contributed by atoms with Gasteiger partial charge in [-0.1, -0.05) is 24.8 Å². The second-order valence-electron chi connectivity index (χ2n) is 3.21. The van der Waals surface area contributed by atoms with Gasteiger partial charge in [0.05, 0.1) is 0 Å². The highest BCUT2D eigenvalue weighted by Gasteiger charge is 2.17. The third kappa shape index (κ3) is 2.02. The molecule has 76 valence electrons. The molecule has 1 N–H and O–H groups in total. The Morgan fingerprint density at radius 1 is 1.43 bits per heavy atom. The zero-order valence-electron chi connectivity index (χ0n) is 8.11. The first-order chi connectivity index (χ1) is 6.34. The molecule has 3 nitrogen and oxygen atoms in total. The first kappa shape index (κ1) is 10.9.